The zero-order chi connectivity index (χ0) is 11.7. The fourth-order valence-electron chi connectivity index (χ4n) is 2.40. The Kier molecular flexibility index (Phi) is 3.31. The van der Waals surface area contributed by atoms with Crippen LogP contribution < -0.4 is 10.2 Å². The maximum absolute atomic E-state index is 4.45. The van der Waals surface area contributed by atoms with E-state index < -0.39 is 0 Å². The van der Waals surface area contributed by atoms with Gasteiger partial charge in [-0.2, -0.15) is 0 Å². The summed E-state index contributed by atoms with van der Waals surface area (Å²) in [5, 5.41) is 3.33. The van der Waals surface area contributed by atoms with E-state index in [9.17, 15) is 0 Å². The van der Waals surface area contributed by atoms with Crippen molar-refractivity contribution < 1.29 is 0 Å². The van der Waals surface area contributed by atoms with Gasteiger partial charge < -0.3 is 10.2 Å². The number of rotatable bonds is 2. The second-order valence-electron chi connectivity index (χ2n) is 4.67. The van der Waals surface area contributed by atoms with Gasteiger partial charge in [0.25, 0.3) is 0 Å². The Morgan fingerprint density at radius 3 is 2.47 bits per heavy atom. The molecule has 2 saturated heterocycles. The molecule has 0 bridgehead atoms. The van der Waals surface area contributed by atoms with Gasteiger partial charge in [0.1, 0.15) is 5.82 Å². The van der Waals surface area contributed by atoms with E-state index in [1.165, 1.54) is 0 Å². The van der Waals surface area contributed by atoms with E-state index in [1.54, 1.807) is 0 Å². The number of anilines is 1. The fraction of sp³-hybridized carbons (Fsp3) is 0.583. The molecule has 2 aliphatic heterocycles. The summed E-state index contributed by atoms with van der Waals surface area (Å²) < 4.78 is 1.04. The highest BCUT2D eigenvalue weighted by Crippen LogP contribution is 2.17. The van der Waals surface area contributed by atoms with Crippen molar-refractivity contribution in [1.29, 1.82) is 0 Å². The van der Waals surface area contributed by atoms with Gasteiger partial charge in [0, 0.05) is 56.0 Å². The molecular formula is C12H17BrN4. The predicted molar refractivity (Wildman–Crippen MR) is 72.4 cm³/mol. The molecular weight excluding hydrogens is 280 g/mol. The Hall–Kier alpha value is -0.650. The Labute approximate surface area is 110 Å². The highest BCUT2D eigenvalue weighted by Gasteiger charge is 2.27. The van der Waals surface area contributed by atoms with E-state index >= 15 is 0 Å². The van der Waals surface area contributed by atoms with E-state index in [1.807, 2.05) is 6.20 Å². The average Bonchev–Trinajstić information content (AvgIpc) is 2.29. The van der Waals surface area contributed by atoms with Gasteiger partial charge in [-0.3, -0.25) is 4.90 Å². The quantitative estimate of drug-likeness (QED) is 0.880. The molecule has 0 unspecified atom stereocenters. The molecule has 2 fully saturated rings. The molecule has 0 spiro atoms. The molecule has 0 aliphatic carbocycles. The Morgan fingerprint density at radius 2 is 1.94 bits per heavy atom. The molecule has 0 aromatic carbocycles. The van der Waals surface area contributed by atoms with Crippen LogP contribution >= 0.6 is 15.9 Å². The van der Waals surface area contributed by atoms with Gasteiger partial charge in [-0.25, -0.2) is 4.98 Å². The third-order valence-corrected chi connectivity index (χ3v) is 4.10. The van der Waals surface area contributed by atoms with Crippen LogP contribution in [0.1, 0.15) is 0 Å². The molecule has 1 N–H and O–H groups in total. The molecule has 17 heavy (non-hydrogen) atoms. The Morgan fingerprint density at radius 1 is 1.18 bits per heavy atom. The smallest absolute Gasteiger partial charge is 0.128 e. The van der Waals surface area contributed by atoms with Gasteiger partial charge >= 0.3 is 0 Å². The minimum Gasteiger partial charge on any atom is -0.354 e. The molecule has 1 aromatic rings. The molecule has 0 saturated carbocycles. The standard InChI is InChI=1S/C12H17BrN4/c13-10-1-2-12(15-7-10)17-5-3-16(4-6-17)11-8-14-9-11/h1-2,7,11,14H,3-6,8-9H2. The van der Waals surface area contributed by atoms with E-state index in [-0.39, 0.29) is 0 Å². The highest BCUT2D eigenvalue weighted by molar-refractivity contribution is 9.10. The van der Waals surface area contributed by atoms with Crippen LogP contribution in [0.5, 0.6) is 0 Å². The van der Waals surface area contributed by atoms with Gasteiger partial charge in [0.05, 0.1) is 0 Å². The summed E-state index contributed by atoms with van der Waals surface area (Å²) >= 11 is 3.42. The zero-order valence-corrected chi connectivity index (χ0v) is 11.4. The van der Waals surface area contributed by atoms with E-state index in [4.69, 9.17) is 0 Å². The van der Waals surface area contributed by atoms with E-state index in [2.05, 4.69) is 48.2 Å². The lowest BCUT2D eigenvalue weighted by atomic mass is 10.1. The van der Waals surface area contributed by atoms with Crippen LogP contribution in [0.15, 0.2) is 22.8 Å². The highest BCUT2D eigenvalue weighted by atomic mass is 79.9. The summed E-state index contributed by atoms with van der Waals surface area (Å²) in [5.74, 6) is 1.10. The molecule has 1 aromatic heterocycles. The van der Waals surface area contributed by atoms with Crippen LogP contribution in [-0.2, 0) is 0 Å². The van der Waals surface area contributed by atoms with Crippen molar-refractivity contribution >= 4 is 21.7 Å². The first-order chi connectivity index (χ1) is 8.33. The third-order valence-electron chi connectivity index (χ3n) is 3.63. The van der Waals surface area contributed by atoms with Gasteiger partial charge in [-0.15, -0.1) is 0 Å². The maximum atomic E-state index is 4.45. The van der Waals surface area contributed by atoms with E-state index in [0.717, 1.165) is 55.6 Å². The summed E-state index contributed by atoms with van der Waals surface area (Å²) in [6.07, 6.45) is 1.87. The molecule has 0 atom stereocenters. The van der Waals surface area contributed by atoms with Crippen LogP contribution in [0.2, 0.25) is 0 Å². The van der Waals surface area contributed by atoms with Gasteiger partial charge in [0.15, 0.2) is 0 Å². The van der Waals surface area contributed by atoms with E-state index in [0.29, 0.717) is 0 Å². The van der Waals surface area contributed by atoms with Crippen molar-refractivity contribution in [3.8, 4) is 0 Å². The van der Waals surface area contributed by atoms with Crippen LogP contribution in [0.25, 0.3) is 0 Å². The fourth-order valence-corrected chi connectivity index (χ4v) is 2.64. The number of piperazine rings is 1. The Balaban J connectivity index is 1.58. The van der Waals surface area contributed by atoms with Crippen molar-refractivity contribution in [1.82, 2.24) is 15.2 Å². The first-order valence-corrected chi connectivity index (χ1v) is 6.93. The lowest BCUT2D eigenvalue weighted by Crippen LogP contribution is -2.61. The number of nitrogens with one attached hydrogen (secondary N) is 1. The first-order valence-electron chi connectivity index (χ1n) is 6.14. The van der Waals surface area contributed by atoms with Crippen LogP contribution in [0.4, 0.5) is 5.82 Å². The lowest BCUT2D eigenvalue weighted by molar-refractivity contribution is 0.137. The maximum Gasteiger partial charge on any atom is 0.128 e. The largest absolute Gasteiger partial charge is 0.354 e. The second kappa shape index (κ2) is 4.92. The molecule has 2 aliphatic rings. The monoisotopic (exact) mass is 296 g/mol. The Bertz CT molecular complexity index is 369. The summed E-state index contributed by atoms with van der Waals surface area (Å²) in [7, 11) is 0. The first kappa shape index (κ1) is 11.4. The molecule has 5 heteroatoms. The number of hydrogen-bond donors (Lipinski definition) is 1. The van der Waals surface area contributed by atoms with Crippen LogP contribution in [0, 0.1) is 0 Å². The summed E-state index contributed by atoms with van der Waals surface area (Å²) in [6.45, 7) is 6.82. The molecule has 0 amide bonds. The minimum absolute atomic E-state index is 0.773. The van der Waals surface area contributed by atoms with Gasteiger partial charge in [-0.05, 0) is 28.1 Å². The SMILES string of the molecule is Brc1ccc(N2CCN(C3CNC3)CC2)nc1. The number of nitrogens with zero attached hydrogens (tertiary/aromatic N) is 3. The summed E-state index contributed by atoms with van der Waals surface area (Å²) in [4.78, 5) is 9.41. The predicted octanol–water partition coefficient (Wildman–Crippen LogP) is 0.938. The van der Waals surface area contributed by atoms with Crippen molar-refractivity contribution in [2.45, 2.75) is 6.04 Å². The average molecular weight is 297 g/mol. The zero-order valence-electron chi connectivity index (χ0n) is 9.77. The normalized spacial score (nSPS) is 22.5. The third kappa shape index (κ3) is 2.46. The van der Waals surface area contributed by atoms with Crippen molar-refractivity contribution in [3.63, 3.8) is 0 Å². The molecule has 4 nitrogen and oxygen atoms in total. The summed E-state index contributed by atoms with van der Waals surface area (Å²) in [5.41, 5.74) is 0. The molecule has 0 radical (unpaired) electrons. The second-order valence-corrected chi connectivity index (χ2v) is 5.59. The molecule has 92 valence electrons. The molecule has 3 heterocycles. The van der Waals surface area contributed by atoms with Crippen LogP contribution in [-0.4, -0.2) is 55.2 Å². The lowest BCUT2D eigenvalue weighted by Gasteiger charge is -2.43. The number of halogens is 1. The van der Waals surface area contributed by atoms with Crippen LogP contribution in [0.3, 0.4) is 0 Å². The molecule has 3 rings (SSSR count). The summed E-state index contributed by atoms with van der Waals surface area (Å²) in [6, 6.07) is 4.92. The topological polar surface area (TPSA) is 31.4 Å². The van der Waals surface area contributed by atoms with Gasteiger partial charge in [-0.1, -0.05) is 0 Å². The number of hydrogen-bond acceptors (Lipinski definition) is 4. The number of aromatic nitrogens is 1. The van der Waals surface area contributed by atoms with Crippen molar-refractivity contribution in [3.05, 3.63) is 22.8 Å². The van der Waals surface area contributed by atoms with Gasteiger partial charge in [0.2, 0.25) is 0 Å². The number of pyridine rings is 1. The van der Waals surface area contributed by atoms with Crippen molar-refractivity contribution in [2.24, 2.45) is 0 Å². The minimum atomic E-state index is 0.773. The van der Waals surface area contributed by atoms with Crippen molar-refractivity contribution in [2.75, 3.05) is 44.2 Å².